The zero-order valence-corrected chi connectivity index (χ0v) is 11.3. The van der Waals surface area contributed by atoms with Gasteiger partial charge >= 0.3 is 0 Å². The van der Waals surface area contributed by atoms with Gasteiger partial charge in [0.15, 0.2) is 0 Å². The van der Waals surface area contributed by atoms with E-state index >= 15 is 0 Å². The molecule has 1 aromatic carbocycles. The summed E-state index contributed by atoms with van der Waals surface area (Å²) in [5, 5.41) is 0. The number of amides is 1. The molecular weight excluding hydrogens is 232 g/mol. The van der Waals surface area contributed by atoms with E-state index in [0.717, 1.165) is 17.7 Å². The van der Waals surface area contributed by atoms with Gasteiger partial charge in [0.25, 0.3) is 0 Å². The Kier molecular flexibility index (Phi) is 4.63. The second-order valence-electron chi connectivity index (χ2n) is 4.09. The van der Waals surface area contributed by atoms with Gasteiger partial charge in [0.1, 0.15) is 4.99 Å². The van der Waals surface area contributed by atoms with Crippen LogP contribution in [0.3, 0.4) is 0 Å². The number of thiocarbonyl (C=S) groups is 1. The fourth-order valence-electron chi connectivity index (χ4n) is 1.60. The van der Waals surface area contributed by atoms with E-state index < -0.39 is 0 Å². The zero-order valence-electron chi connectivity index (χ0n) is 10.4. The van der Waals surface area contributed by atoms with Crippen molar-refractivity contribution in [3.05, 3.63) is 29.8 Å². The lowest BCUT2D eigenvalue weighted by Gasteiger charge is -2.23. The molecule has 1 atom stereocenters. The summed E-state index contributed by atoms with van der Waals surface area (Å²) in [6, 6.07) is 7.42. The molecule has 2 N–H and O–H groups in total. The van der Waals surface area contributed by atoms with Crippen LogP contribution in [0.4, 0.5) is 5.69 Å². The minimum Gasteiger partial charge on any atom is -0.389 e. The summed E-state index contributed by atoms with van der Waals surface area (Å²) in [5.41, 5.74) is 7.16. The largest absolute Gasteiger partial charge is 0.389 e. The molecule has 92 valence electrons. The van der Waals surface area contributed by atoms with Crippen molar-refractivity contribution in [3.8, 4) is 0 Å². The minimum atomic E-state index is -0.000554. The van der Waals surface area contributed by atoms with Crippen LogP contribution in [0.1, 0.15) is 25.8 Å². The first-order valence-electron chi connectivity index (χ1n) is 5.65. The molecular formula is C13H18N2OS. The topological polar surface area (TPSA) is 46.3 Å². The number of hydrogen-bond acceptors (Lipinski definition) is 2. The smallest absolute Gasteiger partial charge is 0.229 e. The summed E-state index contributed by atoms with van der Waals surface area (Å²) in [6.07, 6.45) is 0.818. The van der Waals surface area contributed by atoms with Crippen LogP contribution in [0.2, 0.25) is 0 Å². The molecule has 17 heavy (non-hydrogen) atoms. The standard InChI is InChI=1S/C13H18N2OS/c1-4-9(2)13(16)15(3)11-8-6-5-7-10(11)12(14)17/h5-9H,4H2,1-3H3,(H2,14,17). The van der Waals surface area contributed by atoms with Crippen molar-refractivity contribution in [2.24, 2.45) is 11.7 Å². The van der Waals surface area contributed by atoms with E-state index in [4.69, 9.17) is 18.0 Å². The van der Waals surface area contributed by atoms with Gasteiger partial charge in [0, 0.05) is 18.5 Å². The summed E-state index contributed by atoms with van der Waals surface area (Å²) in [6.45, 7) is 3.91. The number of nitrogens with two attached hydrogens (primary N) is 1. The Balaban J connectivity index is 3.08. The van der Waals surface area contributed by atoms with Crippen LogP contribution in [0, 0.1) is 5.92 Å². The van der Waals surface area contributed by atoms with E-state index in [0.29, 0.717) is 4.99 Å². The Morgan fingerprint density at radius 3 is 2.59 bits per heavy atom. The molecule has 0 saturated carbocycles. The summed E-state index contributed by atoms with van der Waals surface area (Å²) in [5.74, 6) is 0.0793. The summed E-state index contributed by atoms with van der Waals surface area (Å²) < 4.78 is 0. The first-order valence-corrected chi connectivity index (χ1v) is 6.06. The van der Waals surface area contributed by atoms with Gasteiger partial charge in [0.2, 0.25) is 5.91 Å². The molecule has 0 heterocycles. The average molecular weight is 250 g/mol. The van der Waals surface area contributed by atoms with Crippen molar-refractivity contribution in [1.29, 1.82) is 0 Å². The highest BCUT2D eigenvalue weighted by molar-refractivity contribution is 7.80. The van der Waals surface area contributed by atoms with Crippen LogP contribution in [-0.2, 0) is 4.79 Å². The third-order valence-electron chi connectivity index (χ3n) is 2.90. The predicted octanol–water partition coefficient (Wildman–Crippen LogP) is 2.33. The number of rotatable bonds is 4. The van der Waals surface area contributed by atoms with Crippen LogP contribution in [-0.4, -0.2) is 17.9 Å². The highest BCUT2D eigenvalue weighted by atomic mass is 32.1. The number of hydrogen-bond donors (Lipinski definition) is 1. The van der Waals surface area contributed by atoms with Crippen molar-refractivity contribution in [2.75, 3.05) is 11.9 Å². The van der Waals surface area contributed by atoms with E-state index in [1.165, 1.54) is 0 Å². The fourth-order valence-corrected chi connectivity index (χ4v) is 1.77. The lowest BCUT2D eigenvalue weighted by molar-refractivity contribution is -0.121. The maximum atomic E-state index is 12.1. The Hall–Kier alpha value is -1.42. The van der Waals surface area contributed by atoms with Crippen LogP contribution in [0.15, 0.2) is 24.3 Å². The molecule has 3 nitrogen and oxygen atoms in total. The molecule has 0 fully saturated rings. The van der Waals surface area contributed by atoms with Gasteiger partial charge in [0.05, 0.1) is 5.69 Å². The van der Waals surface area contributed by atoms with Gasteiger partial charge in [-0.05, 0) is 18.6 Å². The van der Waals surface area contributed by atoms with Crippen molar-refractivity contribution in [1.82, 2.24) is 0 Å². The maximum absolute atomic E-state index is 12.1. The second-order valence-corrected chi connectivity index (χ2v) is 4.53. The van der Waals surface area contributed by atoms with Gasteiger partial charge in [-0.15, -0.1) is 0 Å². The number of carbonyl (C=O) groups is 1. The lowest BCUT2D eigenvalue weighted by atomic mass is 10.1. The SMILES string of the molecule is CCC(C)C(=O)N(C)c1ccccc1C(N)=S. The van der Waals surface area contributed by atoms with Crippen molar-refractivity contribution >= 4 is 28.8 Å². The quantitative estimate of drug-likeness (QED) is 0.834. The molecule has 0 aromatic heterocycles. The maximum Gasteiger partial charge on any atom is 0.229 e. The number of nitrogens with zero attached hydrogens (tertiary/aromatic N) is 1. The predicted molar refractivity (Wildman–Crippen MR) is 75.2 cm³/mol. The molecule has 1 unspecified atom stereocenters. The molecule has 0 saturated heterocycles. The minimum absolute atomic E-state index is 0.000554. The number of benzene rings is 1. The van der Waals surface area contributed by atoms with E-state index in [1.807, 2.05) is 38.1 Å². The van der Waals surface area contributed by atoms with Gasteiger partial charge in [-0.2, -0.15) is 0 Å². The molecule has 0 aliphatic heterocycles. The first kappa shape index (κ1) is 13.6. The second kappa shape index (κ2) is 5.77. The van der Waals surface area contributed by atoms with Crippen LogP contribution in [0.5, 0.6) is 0 Å². The number of para-hydroxylation sites is 1. The van der Waals surface area contributed by atoms with Crippen molar-refractivity contribution in [2.45, 2.75) is 20.3 Å². The van der Waals surface area contributed by atoms with Crippen LogP contribution in [0.25, 0.3) is 0 Å². The van der Waals surface area contributed by atoms with Crippen LogP contribution >= 0.6 is 12.2 Å². The highest BCUT2D eigenvalue weighted by Gasteiger charge is 2.19. The van der Waals surface area contributed by atoms with E-state index in [2.05, 4.69) is 0 Å². The summed E-state index contributed by atoms with van der Waals surface area (Å²) in [7, 11) is 1.76. The van der Waals surface area contributed by atoms with Crippen molar-refractivity contribution < 1.29 is 4.79 Å². The van der Waals surface area contributed by atoms with E-state index in [1.54, 1.807) is 11.9 Å². The number of anilines is 1. The third kappa shape index (κ3) is 3.03. The van der Waals surface area contributed by atoms with Crippen LogP contribution < -0.4 is 10.6 Å². The molecule has 0 aliphatic rings. The van der Waals surface area contributed by atoms with Gasteiger partial charge in [-0.25, -0.2) is 0 Å². The molecule has 0 bridgehead atoms. The van der Waals surface area contributed by atoms with E-state index in [9.17, 15) is 4.79 Å². The summed E-state index contributed by atoms with van der Waals surface area (Å²) >= 11 is 4.99. The normalized spacial score (nSPS) is 11.9. The Labute approximate surface area is 108 Å². The average Bonchev–Trinajstić information content (AvgIpc) is 2.35. The van der Waals surface area contributed by atoms with Crippen molar-refractivity contribution in [3.63, 3.8) is 0 Å². The van der Waals surface area contributed by atoms with E-state index in [-0.39, 0.29) is 11.8 Å². The Morgan fingerprint density at radius 1 is 1.47 bits per heavy atom. The molecule has 0 aliphatic carbocycles. The van der Waals surface area contributed by atoms with Gasteiger partial charge < -0.3 is 10.6 Å². The number of carbonyl (C=O) groups excluding carboxylic acids is 1. The van der Waals surface area contributed by atoms with Gasteiger partial charge in [-0.1, -0.05) is 38.2 Å². The molecule has 0 spiro atoms. The molecule has 4 heteroatoms. The molecule has 1 aromatic rings. The summed E-state index contributed by atoms with van der Waals surface area (Å²) in [4.78, 5) is 14.0. The molecule has 1 amide bonds. The molecule has 0 radical (unpaired) electrons. The fraction of sp³-hybridized carbons (Fsp3) is 0.385. The third-order valence-corrected chi connectivity index (χ3v) is 3.12. The Bertz CT molecular complexity index is 431. The first-order chi connectivity index (χ1) is 7.99. The monoisotopic (exact) mass is 250 g/mol. The van der Waals surface area contributed by atoms with Gasteiger partial charge in [-0.3, -0.25) is 4.79 Å². The lowest BCUT2D eigenvalue weighted by Crippen LogP contribution is -2.32. The zero-order chi connectivity index (χ0) is 13.0. The molecule has 1 rings (SSSR count). The highest BCUT2D eigenvalue weighted by Crippen LogP contribution is 2.21. The Morgan fingerprint density at radius 2 is 2.06 bits per heavy atom.